The van der Waals surface area contributed by atoms with Crippen molar-refractivity contribution in [2.75, 3.05) is 33.8 Å². The summed E-state index contributed by atoms with van der Waals surface area (Å²) < 4.78 is 98.2. The lowest BCUT2D eigenvalue weighted by molar-refractivity contribution is -0.143. The molecule has 1 aliphatic heterocycles. The van der Waals surface area contributed by atoms with Crippen LogP contribution in [0.25, 0.3) is 0 Å². The molecule has 1 saturated heterocycles. The number of halogens is 7. The second-order valence-electron chi connectivity index (χ2n) is 9.74. The van der Waals surface area contributed by atoms with Gasteiger partial charge in [0.25, 0.3) is 0 Å². The van der Waals surface area contributed by atoms with E-state index in [0.29, 0.717) is 49.3 Å². The zero-order valence-corrected chi connectivity index (χ0v) is 21.6. The predicted molar refractivity (Wildman–Crippen MR) is 128 cm³/mol. The highest BCUT2D eigenvalue weighted by atomic mass is 19.4. The molecule has 0 aromatic heterocycles. The number of piperidine rings is 1. The van der Waals surface area contributed by atoms with Crippen LogP contribution in [-0.4, -0.2) is 55.5 Å². The highest BCUT2D eigenvalue weighted by Gasteiger charge is 2.39. The molecule has 2 aromatic rings. The summed E-state index contributed by atoms with van der Waals surface area (Å²) in [6.07, 6.45) is -9.55. The van der Waals surface area contributed by atoms with Gasteiger partial charge in [-0.05, 0) is 66.9 Å². The molecule has 0 aliphatic carbocycles. The number of esters is 1. The molecule has 1 fully saturated rings. The summed E-state index contributed by atoms with van der Waals surface area (Å²) in [7, 11) is 2.60. The largest absolute Gasteiger partial charge is 0.469 e. The van der Waals surface area contributed by atoms with Gasteiger partial charge in [0.05, 0.1) is 24.7 Å². The van der Waals surface area contributed by atoms with E-state index in [1.54, 1.807) is 13.0 Å². The fraction of sp³-hybridized carbons (Fsp3) is 0.481. The third kappa shape index (κ3) is 7.71. The lowest BCUT2D eigenvalue weighted by Crippen LogP contribution is -2.46. The van der Waals surface area contributed by atoms with Crippen LogP contribution in [0.5, 0.6) is 0 Å². The lowest BCUT2D eigenvalue weighted by Gasteiger charge is -2.40. The number of methoxy groups -OCH3 is 1. The van der Waals surface area contributed by atoms with E-state index in [1.165, 1.54) is 26.3 Å². The highest BCUT2D eigenvalue weighted by molar-refractivity contribution is 5.80. The first kappa shape index (κ1) is 30.4. The first-order valence-corrected chi connectivity index (χ1v) is 12.2. The van der Waals surface area contributed by atoms with Gasteiger partial charge in [0.15, 0.2) is 0 Å². The van der Waals surface area contributed by atoms with Gasteiger partial charge in [-0.15, -0.1) is 0 Å². The standard InChI is InChI=1S/C27H29F7N2O3/c1-16-10-20(28)4-5-21(16)23-15-36(9-7-24(37)39-3)8-6-22(23)25(38)35(2)14-17-11-18(26(29,30)31)13-19(12-17)27(32,33)34/h4-5,10-13,22-23H,6-9,14-15H2,1-3H3/t22-,23+/m1/s1. The Balaban J connectivity index is 1.88. The Morgan fingerprint density at radius 3 is 2.18 bits per heavy atom. The number of aryl methyl sites for hydroxylation is 1. The number of amides is 1. The zero-order chi connectivity index (χ0) is 29.1. The first-order chi connectivity index (χ1) is 18.1. The number of ether oxygens (including phenoxy) is 1. The van der Waals surface area contributed by atoms with Gasteiger partial charge in [0, 0.05) is 38.5 Å². The summed E-state index contributed by atoms with van der Waals surface area (Å²) >= 11 is 0. The van der Waals surface area contributed by atoms with Crippen molar-refractivity contribution in [3.8, 4) is 0 Å². The molecule has 214 valence electrons. The molecular formula is C27H29F7N2O3. The molecule has 0 unspecified atom stereocenters. The van der Waals surface area contributed by atoms with Gasteiger partial charge in [0.1, 0.15) is 5.82 Å². The Morgan fingerprint density at radius 1 is 1.03 bits per heavy atom. The van der Waals surface area contributed by atoms with Crippen molar-refractivity contribution in [2.45, 2.75) is 44.6 Å². The molecule has 0 spiro atoms. The third-order valence-electron chi connectivity index (χ3n) is 6.95. The lowest BCUT2D eigenvalue weighted by atomic mass is 9.78. The van der Waals surface area contributed by atoms with Gasteiger partial charge in [0.2, 0.25) is 5.91 Å². The summed E-state index contributed by atoms with van der Waals surface area (Å²) in [5.41, 5.74) is -1.91. The molecule has 3 rings (SSSR count). The molecule has 0 N–H and O–H groups in total. The number of carbonyl (C=O) groups excluding carboxylic acids is 2. The molecule has 0 radical (unpaired) electrons. The van der Waals surface area contributed by atoms with Gasteiger partial charge >= 0.3 is 18.3 Å². The molecular weight excluding hydrogens is 533 g/mol. The monoisotopic (exact) mass is 562 g/mol. The van der Waals surface area contributed by atoms with E-state index >= 15 is 0 Å². The molecule has 0 saturated carbocycles. The normalized spacial score (nSPS) is 18.6. The summed E-state index contributed by atoms with van der Waals surface area (Å²) in [5.74, 6) is -2.43. The number of hydrogen-bond donors (Lipinski definition) is 0. The fourth-order valence-corrected chi connectivity index (χ4v) is 4.99. The first-order valence-electron chi connectivity index (χ1n) is 12.2. The number of alkyl halides is 6. The molecule has 1 heterocycles. The third-order valence-corrected chi connectivity index (χ3v) is 6.95. The van der Waals surface area contributed by atoms with E-state index in [1.807, 2.05) is 4.90 Å². The topological polar surface area (TPSA) is 49.9 Å². The van der Waals surface area contributed by atoms with Crippen LogP contribution in [0.1, 0.15) is 46.6 Å². The van der Waals surface area contributed by atoms with Crippen molar-refractivity contribution in [2.24, 2.45) is 5.92 Å². The molecule has 0 bridgehead atoms. The fourth-order valence-electron chi connectivity index (χ4n) is 4.99. The SMILES string of the molecule is COC(=O)CCN1CC[C@@H](C(=O)N(C)Cc2cc(C(F)(F)F)cc(C(F)(F)F)c2)[C@H](c2ccc(F)cc2C)C1. The van der Waals surface area contributed by atoms with Crippen LogP contribution in [0.15, 0.2) is 36.4 Å². The van der Waals surface area contributed by atoms with Gasteiger partial charge in [-0.1, -0.05) is 6.07 Å². The van der Waals surface area contributed by atoms with E-state index in [4.69, 9.17) is 0 Å². The van der Waals surface area contributed by atoms with Crippen LogP contribution < -0.4 is 0 Å². The van der Waals surface area contributed by atoms with Crippen LogP contribution in [-0.2, 0) is 33.2 Å². The van der Waals surface area contributed by atoms with E-state index in [0.717, 1.165) is 4.90 Å². The Bertz CT molecular complexity index is 1160. The highest BCUT2D eigenvalue weighted by Crippen LogP contribution is 2.38. The number of carbonyl (C=O) groups is 2. The van der Waals surface area contributed by atoms with Crippen LogP contribution in [0.3, 0.4) is 0 Å². The second kappa shape index (κ2) is 11.9. The van der Waals surface area contributed by atoms with Crippen molar-refractivity contribution < 1.29 is 45.1 Å². The number of nitrogens with zero attached hydrogens (tertiary/aromatic N) is 2. The van der Waals surface area contributed by atoms with Crippen molar-refractivity contribution in [3.05, 3.63) is 70.0 Å². The van der Waals surface area contributed by atoms with Crippen molar-refractivity contribution >= 4 is 11.9 Å². The minimum absolute atomic E-state index is 0.0444. The maximum atomic E-state index is 13.8. The maximum Gasteiger partial charge on any atom is 0.416 e. The van der Waals surface area contributed by atoms with Crippen LogP contribution in [0.4, 0.5) is 30.7 Å². The Hall–Kier alpha value is -3.15. The Morgan fingerprint density at radius 2 is 1.64 bits per heavy atom. The van der Waals surface area contributed by atoms with Gasteiger partial charge in [-0.2, -0.15) is 26.3 Å². The quantitative estimate of drug-likeness (QED) is 0.316. The smallest absolute Gasteiger partial charge is 0.416 e. The van der Waals surface area contributed by atoms with Crippen molar-refractivity contribution in [3.63, 3.8) is 0 Å². The summed E-state index contributed by atoms with van der Waals surface area (Å²) in [6.45, 7) is 2.36. The number of hydrogen-bond acceptors (Lipinski definition) is 4. The van der Waals surface area contributed by atoms with Crippen LogP contribution in [0, 0.1) is 18.7 Å². The molecule has 2 atom stereocenters. The van der Waals surface area contributed by atoms with Crippen molar-refractivity contribution in [1.29, 1.82) is 0 Å². The van der Waals surface area contributed by atoms with E-state index in [2.05, 4.69) is 4.74 Å². The summed E-state index contributed by atoms with van der Waals surface area (Å²) in [6, 6.07) is 5.42. The Labute approximate surface area is 221 Å². The van der Waals surface area contributed by atoms with Crippen LogP contribution in [0.2, 0.25) is 0 Å². The van der Waals surface area contributed by atoms with Gasteiger partial charge in [-0.3, -0.25) is 9.59 Å². The molecule has 39 heavy (non-hydrogen) atoms. The number of likely N-dealkylation sites (tertiary alicyclic amines) is 1. The molecule has 5 nitrogen and oxygen atoms in total. The minimum Gasteiger partial charge on any atom is -0.469 e. The van der Waals surface area contributed by atoms with E-state index in [9.17, 15) is 40.3 Å². The average Bonchev–Trinajstić information content (AvgIpc) is 2.85. The predicted octanol–water partition coefficient (Wildman–Crippen LogP) is 5.80. The number of rotatable bonds is 7. The summed E-state index contributed by atoms with van der Waals surface area (Å²) in [5, 5.41) is 0. The molecule has 12 heteroatoms. The maximum absolute atomic E-state index is 13.8. The molecule has 2 aromatic carbocycles. The minimum atomic E-state index is -5.00. The Kier molecular flexibility index (Phi) is 9.30. The molecule has 1 aliphatic rings. The van der Waals surface area contributed by atoms with Gasteiger partial charge in [-0.25, -0.2) is 4.39 Å². The van der Waals surface area contributed by atoms with Crippen molar-refractivity contribution in [1.82, 2.24) is 9.80 Å². The zero-order valence-electron chi connectivity index (χ0n) is 21.6. The molecule has 1 amide bonds. The summed E-state index contributed by atoms with van der Waals surface area (Å²) in [4.78, 5) is 28.3. The van der Waals surface area contributed by atoms with E-state index < -0.39 is 59.6 Å². The van der Waals surface area contributed by atoms with Crippen LogP contribution >= 0.6 is 0 Å². The second-order valence-corrected chi connectivity index (χ2v) is 9.74. The average molecular weight is 563 g/mol. The van der Waals surface area contributed by atoms with Gasteiger partial charge < -0.3 is 14.5 Å². The van der Waals surface area contributed by atoms with E-state index in [-0.39, 0.29) is 18.1 Å². The number of benzene rings is 2.